The van der Waals surface area contributed by atoms with Crippen LogP contribution < -0.4 is 4.74 Å². The molecule has 2 atom stereocenters. The maximum Gasteiger partial charge on any atom is 0.357 e. The van der Waals surface area contributed by atoms with Gasteiger partial charge in [0.05, 0.1) is 13.2 Å². The van der Waals surface area contributed by atoms with Crippen LogP contribution in [0.15, 0.2) is 46.7 Å². The molecule has 0 aliphatic carbocycles. The summed E-state index contributed by atoms with van der Waals surface area (Å²) in [5, 5.41) is 0.320. The van der Waals surface area contributed by atoms with Crippen LogP contribution >= 0.6 is 46.6 Å². The number of esters is 1. The predicted octanol–water partition coefficient (Wildman–Crippen LogP) is 3.22. The van der Waals surface area contributed by atoms with Crippen molar-refractivity contribution in [3.63, 3.8) is 0 Å². The Hall–Kier alpha value is -1.65. The number of allylic oxidation sites excluding steroid dienone is 1. The average Bonchev–Trinajstić information content (AvgIpc) is 3.19. The molecule has 1 aromatic carbocycles. The fourth-order valence-corrected chi connectivity index (χ4v) is 5.03. The van der Waals surface area contributed by atoms with Crippen LogP contribution in [-0.2, 0) is 19.1 Å². The fraction of sp³-hybridized carbons (Fsp3) is 0.476. The smallest absolute Gasteiger partial charge is 0.357 e. The molecule has 0 radical (unpaired) electrons. The molecule has 0 spiro atoms. The van der Waals surface area contributed by atoms with Crippen LogP contribution in [0.1, 0.15) is 6.92 Å². The highest BCUT2D eigenvalue weighted by Crippen LogP contribution is 2.42. The van der Waals surface area contributed by atoms with E-state index >= 15 is 0 Å². The molecular formula is C21H22Cl3N3O5S. The lowest BCUT2D eigenvalue weighted by atomic mass is 10.1. The normalized spacial score (nSPS) is 23.4. The van der Waals surface area contributed by atoms with Crippen LogP contribution in [0.3, 0.4) is 0 Å². The van der Waals surface area contributed by atoms with Crippen molar-refractivity contribution in [2.24, 2.45) is 4.99 Å². The molecule has 33 heavy (non-hydrogen) atoms. The van der Waals surface area contributed by atoms with Gasteiger partial charge in [0.25, 0.3) is 5.91 Å². The maximum atomic E-state index is 13.1. The molecule has 1 aromatic rings. The number of amides is 1. The van der Waals surface area contributed by atoms with Gasteiger partial charge in [-0.15, -0.1) is 0 Å². The van der Waals surface area contributed by atoms with Gasteiger partial charge in [-0.05, 0) is 19.1 Å². The zero-order valence-electron chi connectivity index (χ0n) is 17.7. The molecule has 3 aliphatic rings. The number of hydrogen-bond acceptors (Lipinski definition) is 8. The lowest BCUT2D eigenvalue weighted by Gasteiger charge is -2.43. The number of halogens is 3. The monoisotopic (exact) mass is 533 g/mol. The first-order valence-corrected chi connectivity index (χ1v) is 12.3. The topological polar surface area (TPSA) is 80.7 Å². The van der Waals surface area contributed by atoms with Gasteiger partial charge in [0, 0.05) is 18.8 Å². The van der Waals surface area contributed by atoms with Gasteiger partial charge in [0.15, 0.2) is 6.04 Å². The zero-order chi connectivity index (χ0) is 23.6. The third-order valence-electron chi connectivity index (χ3n) is 5.29. The van der Waals surface area contributed by atoms with Crippen LogP contribution in [-0.4, -0.2) is 81.4 Å². The molecule has 0 aromatic heterocycles. The molecule has 3 heterocycles. The standard InChI is InChI=1S/C21H22Cl3N3O5S/c1-13(26-7-9-30-10-8-26)17(20(29)32-12-21(22,23)24)27-18(28)16-19(27)33-15(25-16)11-31-14-5-3-2-4-6-14/h2-6,16,19H,7-12H2,1H3. The molecule has 0 N–H and O–H groups in total. The molecule has 0 saturated carbocycles. The Bertz CT molecular complexity index is 964. The number of carbonyl (C=O) groups is 2. The van der Waals surface area contributed by atoms with Gasteiger partial charge in [0.2, 0.25) is 3.79 Å². The van der Waals surface area contributed by atoms with E-state index in [9.17, 15) is 9.59 Å². The van der Waals surface area contributed by atoms with Gasteiger partial charge >= 0.3 is 5.97 Å². The minimum absolute atomic E-state index is 0.130. The highest BCUT2D eigenvalue weighted by atomic mass is 35.6. The van der Waals surface area contributed by atoms with E-state index in [1.807, 2.05) is 35.2 Å². The first-order chi connectivity index (χ1) is 15.7. The summed E-state index contributed by atoms with van der Waals surface area (Å²) >= 11 is 18.7. The van der Waals surface area contributed by atoms with Crippen molar-refractivity contribution in [1.82, 2.24) is 9.80 Å². The Kier molecular flexibility index (Phi) is 7.65. The summed E-state index contributed by atoms with van der Waals surface area (Å²) in [7, 11) is 0. The van der Waals surface area contributed by atoms with E-state index in [2.05, 4.69) is 4.99 Å². The lowest BCUT2D eigenvalue weighted by molar-refractivity contribution is -0.150. The summed E-state index contributed by atoms with van der Waals surface area (Å²) in [6, 6.07) is 8.78. The number of aliphatic imine (C=N–C) groups is 1. The van der Waals surface area contributed by atoms with Gasteiger partial charge in [-0.3, -0.25) is 14.7 Å². The molecular weight excluding hydrogens is 513 g/mol. The Morgan fingerprint density at radius 2 is 1.94 bits per heavy atom. The second kappa shape index (κ2) is 10.3. The van der Waals surface area contributed by atoms with E-state index in [0.29, 0.717) is 42.8 Å². The summed E-state index contributed by atoms with van der Waals surface area (Å²) in [5.41, 5.74) is 0.735. The van der Waals surface area contributed by atoms with E-state index in [1.54, 1.807) is 6.92 Å². The maximum absolute atomic E-state index is 13.1. The summed E-state index contributed by atoms with van der Waals surface area (Å²) in [6.07, 6.45) is 0. The highest BCUT2D eigenvalue weighted by Gasteiger charge is 2.55. The SMILES string of the molecule is CC(=C(C(=O)OCC(Cl)(Cl)Cl)N1C(=O)C2N=C(COc3ccccc3)SC21)N1CCOCC1. The second-order valence-electron chi connectivity index (χ2n) is 7.51. The van der Waals surface area contributed by atoms with E-state index in [1.165, 1.54) is 16.7 Å². The zero-order valence-corrected chi connectivity index (χ0v) is 20.8. The number of ether oxygens (including phenoxy) is 3. The van der Waals surface area contributed by atoms with Crippen LogP contribution in [0.4, 0.5) is 0 Å². The van der Waals surface area contributed by atoms with E-state index in [-0.39, 0.29) is 23.6 Å². The van der Waals surface area contributed by atoms with Crippen LogP contribution in [0.5, 0.6) is 5.75 Å². The first kappa shape index (κ1) is 24.5. The number of para-hydroxylation sites is 1. The number of benzene rings is 1. The number of thioether (sulfide) groups is 1. The predicted molar refractivity (Wildman–Crippen MR) is 128 cm³/mol. The number of fused-ring (bicyclic) bond motifs is 1. The van der Waals surface area contributed by atoms with Gasteiger partial charge in [-0.25, -0.2) is 4.79 Å². The van der Waals surface area contributed by atoms with Crippen molar-refractivity contribution in [2.75, 3.05) is 39.5 Å². The number of β-lactam (4-membered cyclic amide) rings is 1. The molecule has 3 aliphatic heterocycles. The quantitative estimate of drug-likeness (QED) is 0.230. The van der Waals surface area contributed by atoms with E-state index in [0.717, 1.165) is 0 Å². The molecule has 0 bridgehead atoms. The van der Waals surface area contributed by atoms with Crippen LogP contribution in [0.2, 0.25) is 0 Å². The minimum Gasteiger partial charge on any atom is -0.487 e. The largest absolute Gasteiger partial charge is 0.487 e. The Labute approximate surface area is 210 Å². The van der Waals surface area contributed by atoms with Crippen LogP contribution in [0, 0.1) is 0 Å². The molecule has 2 saturated heterocycles. The molecule has 1 amide bonds. The Morgan fingerprint density at radius 1 is 1.24 bits per heavy atom. The number of hydrogen-bond donors (Lipinski definition) is 0. The number of rotatable bonds is 7. The van der Waals surface area contributed by atoms with Crippen molar-refractivity contribution in [3.05, 3.63) is 41.7 Å². The molecule has 2 unspecified atom stereocenters. The third kappa shape index (κ3) is 5.71. The second-order valence-corrected chi connectivity index (χ2v) is 11.2. The summed E-state index contributed by atoms with van der Waals surface area (Å²) in [4.78, 5) is 34.0. The molecule has 178 valence electrons. The summed E-state index contributed by atoms with van der Waals surface area (Å²) in [5.74, 6) is -0.301. The summed E-state index contributed by atoms with van der Waals surface area (Å²) in [6.45, 7) is 3.79. The third-order valence-corrected chi connectivity index (χ3v) is 6.82. The van der Waals surface area contributed by atoms with Crippen LogP contribution in [0.25, 0.3) is 0 Å². The number of carbonyl (C=O) groups excluding carboxylic acids is 2. The fourth-order valence-electron chi connectivity index (χ4n) is 3.67. The van der Waals surface area contributed by atoms with Gasteiger partial charge in [-0.2, -0.15) is 0 Å². The number of alkyl halides is 3. The van der Waals surface area contributed by atoms with Crippen molar-refractivity contribution in [2.45, 2.75) is 22.1 Å². The molecule has 2 fully saturated rings. The van der Waals surface area contributed by atoms with Gasteiger partial charge < -0.3 is 19.1 Å². The molecule has 4 rings (SSSR count). The molecule has 12 heteroatoms. The van der Waals surface area contributed by atoms with Crippen molar-refractivity contribution >= 4 is 63.5 Å². The number of nitrogens with zero attached hydrogens (tertiary/aromatic N) is 3. The Balaban J connectivity index is 1.50. The lowest BCUT2D eigenvalue weighted by Crippen LogP contribution is -2.61. The van der Waals surface area contributed by atoms with Gasteiger partial charge in [0.1, 0.15) is 35.1 Å². The van der Waals surface area contributed by atoms with Crippen molar-refractivity contribution in [3.8, 4) is 5.75 Å². The Morgan fingerprint density at radius 3 is 2.61 bits per heavy atom. The minimum atomic E-state index is -1.76. The van der Waals surface area contributed by atoms with Gasteiger partial charge in [-0.1, -0.05) is 64.8 Å². The number of likely N-dealkylation sites (tertiary alicyclic amines) is 1. The van der Waals surface area contributed by atoms with E-state index < -0.39 is 22.4 Å². The van der Waals surface area contributed by atoms with E-state index in [4.69, 9.17) is 49.0 Å². The van der Waals surface area contributed by atoms with Crippen molar-refractivity contribution < 1.29 is 23.8 Å². The first-order valence-electron chi connectivity index (χ1n) is 10.3. The van der Waals surface area contributed by atoms with Crippen molar-refractivity contribution in [1.29, 1.82) is 0 Å². The summed E-state index contributed by atoms with van der Waals surface area (Å²) < 4.78 is 14.7. The average molecular weight is 535 g/mol. The molecule has 8 nitrogen and oxygen atoms in total. The highest BCUT2D eigenvalue weighted by molar-refractivity contribution is 8.15. The number of morpholine rings is 1.